The number of likely N-dealkylation sites (tertiary alicyclic amines) is 1. The summed E-state index contributed by atoms with van der Waals surface area (Å²) >= 11 is 0. The Labute approximate surface area is 193 Å². The lowest BCUT2D eigenvalue weighted by Gasteiger charge is -2.53. The Morgan fingerprint density at radius 1 is 1.12 bits per heavy atom. The van der Waals surface area contributed by atoms with Crippen molar-refractivity contribution in [1.82, 2.24) is 20.2 Å². The molecule has 13 heteroatoms. The minimum Gasteiger partial charge on any atom is -0.444 e. The van der Waals surface area contributed by atoms with Gasteiger partial charge in [-0.05, 0) is 59.3 Å². The first-order valence-corrected chi connectivity index (χ1v) is 12.7. The number of urea groups is 1. The average Bonchev–Trinajstić information content (AvgIpc) is 2.89. The average molecular weight is 489 g/mol. The van der Waals surface area contributed by atoms with Crippen LogP contribution in [0.25, 0.3) is 0 Å². The Kier molecular flexibility index (Phi) is 6.02. The van der Waals surface area contributed by atoms with Crippen molar-refractivity contribution in [3.63, 3.8) is 0 Å². The monoisotopic (exact) mass is 488 g/mol. The van der Waals surface area contributed by atoms with E-state index in [0.717, 1.165) is 25.7 Å². The zero-order valence-corrected chi connectivity index (χ0v) is 20.0. The van der Waals surface area contributed by atoms with Gasteiger partial charge in [0.2, 0.25) is 5.91 Å². The quantitative estimate of drug-likeness (QED) is 0.563. The van der Waals surface area contributed by atoms with Crippen molar-refractivity contribution in [2.24, 2.45) is 5.41 Å². The van der Waals surface area contributed by atoms with Gasteiger partial charge in [0.15, 0.2) is 0 Å². The first-order valence-electron chi connectivity index (χ1n) is 11.3. The molecule has 2 atom stereocenters. The van der Waals surface area contributed by atoms with Crippen molar-refractivity contribution >= 4 is 28.4 Å². The van der Waals surface area contributed by atoms with Crippen LogP contribution in [0.4, 0.5) is 9.59 Å². The molecule has 0 radical (unpaired) electrons. The molecule has 2 N–H and O–H groups in total. The molecular weight excluding hydrogens is 456 g/mol. The van der Waals surface area contributed by atoms with E-state index < -0.39 is 34.1 Å². The molecule has 1 aliphatic carbocycles. The summed E-state index contributed by atoms with van der Waals surface area (Å²) in [7, 11) is -4.82. The summed E-state index contributed by atoms with van der Waals surface area (Å²) in [6.07, 6.45) is 3.84. The fraction of sp³-hybridized carbons (Fsp3) is 0.850. The number of carbonyl (C=O) groups excluding carboxylic acids is 3. The summed E-state index contributed by atoms with van der Waals surface area (Å²) in [6.45, 7) is 7.03. The minimum absolute atomic E-state index is 0.0145. The minimum atomic E-state index is -4.82. The highest BCUT2D eigenvalue weighted by molar-refractivity contribution is 7.80. The number of piperidine rings is 1. The van der Waals surface area contributed by atoms with Gasteiger partial charge in [0.1, 0.15) is 11.6 Å². The largest absolute Gasteiger partial charge is 0.444 e. The van der Waals surface area contributed by atoms with E-state index >= 15 is 0 Å². The molecule has 4 amide bonds. The van der Waals surface area contributed by atoms with Gasteiger partial charge in [-0.15, -0.1) is 4.28 Å². The molecule has 4 aliphatic rings. The van der Waals surface area contributed by atoms with Crippen molar-refractivity contribution in [1.29, 1.82) is 0 Å². The predicted molar refractivity (Wildman–Crippen MR) is 114 cm³/mol. The molecule has 0 aromatic rings. The van der Waals surface area contributed by atoms with Crippen LogP contribution in [0.15, 0.2) is 0 Å². The summed E-state index contributed by atoms with van der Waals surface area (Å²) in [4.78, 5) is 40.6. The summed E-state index contributed by atoms with van der Waals surface area (Å²) in [5.74, 6) is -0.263. The standard InChI is InChI=1S/C20H32N4O8S/c1-19(2,3)31-18(27)22-11-20(12-22)8-6-13(7-9-20)21-16(25)15-5-4-14-10-23(15)17(26)24(14)32-33(28,29)30/h13-15H,4-12H2,1-3H3,(H,21,25)(H,28,29,30). The van der Waals surface area contributed by atoms with E-state index in [-0.39, 0.29) is 30.0 Å². The third kappa shape index (κ3) is 5.19. The molecule has 3 heterocycles. The highest BCUT2D eigenvalue weighted by Crippen LogP contribution is 2.44. The number of hydrogen-bond acceptors (Lipinski definition) is 7. The number of rotatable bonds is 4. The van der Waals surface area contributed by atoms with Crippen LogP contribution in [0.2, 0.25) is 0 Å². The van der Waals surface area contributed by atoms with Gasteiger partial charge in [-0.3, -0.25) is 9.35 Å². The van der Waals surface area contributed by atoms with Crippen molar-refractivity contribution in [2.75, 3.05) is 19.6 Å². The first kappa shape index (κ1) is 24.0. The summed E-state index contributed by atoms with van der Waals surface area (Å²) in [5, 5.41) is 3.68. The number of amides is 4. The van der Waals surface area contributed by atoms with Gasteiger partial charge in [0.05, 0.1) is 6.04 Å². The maximum Gasteiger partial charge on any atom is 0.418 e. The molecule has 186 valence electrons. The molecule has 2 unspecified atom stereocenters. The second kappa shape index (κ2) is 8.27. The van der Waals surface area contributed by atoms with E-state index in [1.807, 2.05) is 20.8 Å². The predicted octanol–water partition coefficient (Wildman–Crippen LogP) is 1.29. The van der Waals surface area contributed by atoms with E-state index in [1.165, 1.54) is 4.90 Å². The maximum absolute atomic E-state index is 12.9. The molecule has 3 saturated heterocycles. The SMILES string of the molecule is CC(C)(C)OC(=O)N1CC2(CCC(NC(=O)C3CCC4CN3C(=O)N4OS(=O)(=O)O)CC2)C1. The molecule has 12 nitrogen and oxygen atoms in total. The molecule has 2 bridgehead atoms. The second-order valence-electron chi connectivity index (χ2n) is 10.6. The molecule has 4 fully saturated rings. The van der Waals surface area contributed by atoms with E-state index in [9.17, 15) is 22.8 Å². The fourth-order valence-electron chi connectivity index (χ4n) is 5.31. The normalized spacial score (nSPS) is 27.5. The smallest absolute Gasteiger partial charge is 0.418 e. The Hall–Kier alpha value is -2.12. The van der Waals surface area contributed by atoms with Crippen LogP contribution in [0.1, 0.15) is 59.3 Å². The Morgan fingerprint density at radius 3 is 2.33 bits per heavy atom. The van der Waals surface area contributed by atoms with Gasteiger partial charge in [-0.1, -0.05) is 0 Å². The number of hydrogen-bond donors (Lipinski definition) is 2. The summed E-state index contributed by atoms with van der Waals surface area (Å²) < 4.78 is 40.7. The third-order valence-electron chi connectivity index (χ3n) is 6.90. The van der Waals surface area contributed by atoms with Crippen LogP contribution in [0, 0.1) is 5.41 Å². The molecule has 1 spiro atoms. The molecule has 1 saturated carbocycles. The Bertz CT molecular complexity index is 917. The fourth-order valence-corrected chi connectivity index (χ4v) is 5.70. The van der Waals surface area contributed by atoms with Crippen molar-refractivity contribution in [3.05, 3.63) is 0 Å². The van der Waals surface area contributed by atoms with Gasteiger partial charge in [-0.25, -0.2) is 9.59 Å². The van der Waals surface area contributed by atoms with E-state index in [1.54, 1.807) is 4.90 Å². The van der Waals surface area contributed by atoms with Gasteiger partial charge < -0.3 is 19.9 Å². The number of carbonyl (C=O) groups is 3. The van der Waals surface area contributed by atoms with Crippen molar-refractivity contribution < 1.29 is 36.4 Å². The molecule has 3 aliphatic heterocycles. The van der Waals surface area contributed by atoms with Crippen LogP contribution in [-0.4, -0.2) is 89.2 Å². The zero-order valence-electron chi connectivity index (χ0n) is 19.2. The number of nitrogens with one attached hydrogen (secondary N) is 1. The summed E-state index contributed by atoms with van der Waals surface area (Å²) in [6, 6.07) is -1.98. The van der Waals surface area contributed by atoms with Crippen molar-refractivity contribution in [3.8, 4) is 0 Å². The van der Waals surface area contributed by atoms with Gasteiger partial charge in [-0.2, -0.15) is 13.5 Å². The van der Waals surface area contributed by atoms with Gasteiger partial charge in [0.25, 0.3) is 0 Å². The van der Waals surface area contributed by atoms with Crippen LogP contribution < -0.4 is 5.32 Å². The lowest BCUT2D eigenvalue weighted by molar-refractivity contribution is -0.127. The highest BCUT2D eigenvalue weighted by Gasteiger charge is 2.51. The molecular formula is C20H32N4O8S. The maximum atomic E-state index is 12.9. The lowest BCUT2D eigenvalue weighted by Crippen LogP contribution is -2.61. The molecule has 0 aromatic carbocycles. The van der Waals surface area contributed by atoms with E-state index in [4.69, 9.17) is 9.29 Å². The Morgan fingerprint density at radius 2 is 1.76 bits per heavy atom. The van der Waals surface area contributed by atoms with Crippen LogP contribution in [0.3, 0.4) is 0 Å². The molecule has 4 rings (SSSR count). The number of hydroxylamine groups is 2. The third-order valence-corrected chi connectivity index (χ3v) is 7.25. The molecule has 33 heavy (non-hydrogen) atoms. The van der Waals surface area contributed by atoms with E-state index in [2.05, 4.69) is 9.60 Å². The van der Waals surface area contributed by atoms with E-state index in [0.29, 0.717) is 31.0 Å². The van der Waals surface area contributed by atoms with Crippen LogP contribution in [0.5, 0.6) is 0 Å². The highest BCUT2D eigenvalue weighted by atomic mass is 32.3. The number of fused-ring (bicyclic) bond motifs is 2. The topological polar surface area (TPSA) is 146 Å². The van der Waals surface area contributed by atoms with Crippen LogP contribution in [-0.2, 0) is 24.2 Å². The second-order valence-corrected chi connectivity index (χ2v) is 11.6. The molecule has 0 aromatic heterocycles. The first-order chi connectivity index (χ1) is 15.3. The van der Waals surface area contributed by atoms with Gasteiger partial charge in [0, 0.05) is 31.1 Å². The summed E-state index contributed by atoms with van der Waals surface area (Å²) in [5.41, 5.74) is -0.443. The Balaban J connectivity index is 1.25. The lowest BCUT2D eigenvalue weighted by atomic mass is 9.67. The number of ether oxygens (including phenoxy) is 1. The van der Waals surface area contributed by atoms with Crippen LogP contribution >= 0.6 is 0 Å². The van der Waals surface area contributed by atoms with Gasteiger partial charge >= 0.3 is 22.5 Å². The number of nitrogens with zero attached hydrogens (tertiary/aromatic N) is 3. The zero-order chi connectivity index (χ0) is 24.2. The van der Waals surface area contributed by atoms with Crippen molar-refractivity contribution in [2.45, 2.75) is 83.0 Å².